The predicted molar refractivity (Wildman–Crippen MR) is 110 cm³/mol. The third-order valence-corrected chi connectivity index (χ3v) is 5.18. The quantitative estimate of drug-likeness (QED) is 0.541. The summed E-state index contributed by atoms with van der Waals surface area (Å²) in [4.78, 5) is 0. The maximum Gasteiger partial charge on any atom is 0.134 e. The smallest absolute Gasteiger partial charge is 0.134 e. The molecule has 0 amide bonds. The van der Waals surface area contributed by atoms with Gasteiger partial charge in [-0.3, -0.25) is 0 Å². The third-order valence-electron chi connectivity index (χ3n) is 4.56. The van der Waals surface area contributed by atoms with Crippen LogP contribution in [0, 0.1) is 6.92 Å². The van der Waals surface area contributed by atoms with E-state index in [1.807, 2.05) is 61.5 Å². The van der Waals surface area contributed by atoms with Crippen LogP contribution in [-0.4, -0.2) is 5.11 Å². The van der Waals surface area contributed by atoms with Crippen LogP contribution >= 0.6 is 15.9 Å². The first-order valence-electron chi connectivity index (χ1n) is 8.82. The summed E-state index contributed by atoms with van der Waals surface area (Å²) in [6.07, 6.45) is 0.342. The highest BCUT2D eigenvalue weighted by Gasteiger charge is 2.16. The molecule has 0 fully saturated rings. The average Bonchev–Trinajstić information content (AvgIpc) is 2.68. The predicted octanol–water partition coefficient (Wildman–Crippen LogP) is 5.98. The van der Waals surface area contributed by atoms with Crippen LogP contribution in [0.15, 0.2) is 71.2 Å². The van der Waals surface area contributed by atoms with E-state index in [2.05, 4.69) is 35.0 Å². The molecule has 1 N–H and O–H groups in total. The molecule has 134 valence electrons. The van der Waals surface area contributed by atoms with Crippen LogP contribution in [0.25, 0.3) is 0 Å². The lowest BCUT2D eigenvalue weighted by atomic mass is 9.96. The van der Waals surface area contributed by atoms with Gasteiger partial charge in [-0.2, -0.15) is 0 Å². The molecule has 0 heterocycles. The van der Waals surface area contributed by atoms with Crippen LogP contribution in [0.4, 0.5) is 0 Å². The van der Waals surface area contributed by atoms with Gasteiger partial charge in [0.25, 0.3) is 0 Å². The zero-order valence-corrected chi connectivity index (χ0v) is 16.7. The van der Waals surface area contributed by atoms with E-state index in [4.69, 9.17) is 4.74 Å². The Kier molecular flexibility index (Phi) is 6.12. The zero-order valence-electron chi connectivity index (χ0n) is 15.1. The highest BCUT2D eigenvalue weighted by molar-refractivity contribution is 9.10. The van der Waals surface area contributed by atoms with Gasteiger partial charge in [0.1, 0.15) is 18.5 Å². The first-order chi connectivity index (χ1) is 12.6. The Morgan fingerprint density at radius 2 is 1.65 bits per heavy atom. The molecule has 0 spiro atoms. The summed E-state index contributed by atoms with van der Waals surface area (Å²) in [5.74, 6) is 0.781. The maximum atomic E-state index is 10.8. The van der Waals surface area contributed by atoms with E-state index in [0.717, 1.165) is 38.9 Å². The van der Waals surface area contributed by atoms with Crippen LogP contribution < -0.4 is 4.74 Å². The van der Waals surface area contributed by atoms with E-state index in [9.17, 15) is 5.11 Å². The van der Waals surface area contributed by atoms with Gasteiger partial charge in [0.05, 0.1) is 4.47 Å². The molecule has 3 rings (SSSR count). The van der Waals surface area contributed by atoms with Crippen molar-refractivity contribution < 1.29 is 9.84 Å². The number of halogens is 1. The molecule has 3 aromatic rings. The summed E-state index contributed by atoms with van der Waals surface area (Å²) in [5.41, 5.74) is 5.17. The Morgan fingerprint density at radius 1 is 0.962 bits per heavy atom. The highest BCUT2D eigenvalue weighted by atomic mass is 79.9. The summed E-state index contributed by atoms with van der Waals surface area (Å²) in [7, 11) is 0. The van der Waals surface area contributed by atoms with Crippen molar-refractivity contribution in [1.29, 1.82) is 0 Å². The van der Waals surface area contributed by atoms with Crippen molar-refractivity contribution in [3.05, 3.63) is 99.0 Å². The molecule has 0 bridgehead atoms. The lowest BCUT2D eigenvalue weighted by Gasteiger charge is -2.17. The number of ether oxygens (including phenoxy) is 1. The zero-order chi connectivity index (χ0) is 18.5. The number of aryl methyl sites for hydroxylation is 2. The Hall–Kier alpha value is -2.10. The van der Waals surface area contributed by atoms with E-state index in [0.29, 0.717) is 6.61 Å². The molecular formula is C23H23BrO2. The van der Waals surface area contributed by atoms with Gasteiger partial charge in [0.2, 0.25) is 0 Å². The van der Waals surface area contributed by atoms with E-state index in [-0.39, 0.29) is 0 Å². The van der Waals surface area contributed by atoms with Gasteiger partial charge in [-0.15, -0.1) is 0 Å². The van der Waals surface area contributed by atoms with Gasteiger partial charge in [-0.05, 0) is 69.2 Å². The number of hydrogen-bond acceptors (Lipinski definition) is 2. The number of benzene rings is 3. The third kappa shape index (κ3) is 4.35. The summed E-state index contributed by atoms with van der Waals surface area (Å²) in [6, 6.07) is 22.1. The van der Waals surface area contributed by atoms with Crippen LogP contribution in [0.2, 0.25) is 0 Å². The van der Waals surface area contributed by atoms with Crippen molar-refractivity contribution in [3.8, 4) is 5.75 Å². The van der Waals surface area contributed by atoms with E-state index < -0.39 is 6.10 Å². The molecule has 2 nitrogen and oxygen atoms in total. The van der Waals surface area contributed by atoms with Crippen molar-refractivity contribution in [2.75, 3.05) is 0 Å². The van der Waals surface area contributed by atoms with Gasteiger partial charge in [-0.25, -0.2) is 0 Å². The standard InChI is InChI=1S/C23H23BrO2/c1-3-17-9-11-19(12-10-17)23(25)20-14-21(24)22(13-16(20)2)26-15-18-7-5-4-6-8-18/h4-14,23,25H,3,15H2,1-2H3. The fraction of sp³-hybridized carbons (Fsp3) is 0.217. The molecule has 1 unspecified atom stereocenters. The topological polar surface area (TPSA) is 29.5 Å². The molecular weight excluding hydrogens is 388 g/mol. The molecule has 0 aliphatic rings. The summed E-state index contributed by atoms with van der Waals surface area (Å²) in [6.45, 7) is 4.64. The Balaban J connectivity index is 1.79. The largest absolute Gasteiger partial charge is 0.488 e. The molecule has 0 saturated heterocycles. The number of aliphatic hydroxyl groups is 1. The van der Waals surface area contributed by atoms with Crippen molar-refractivity contribution in [2.24, 2.45) is 0 Å². The summed E-state index contributed by atoms with van der Waals surface area (Å²) >= 11 is 3.58. The second kappa shape index (κ2) is 8.52. The maximum absolute atomic E-state index is 10.8. The molecule has 0 aliphatic carbocycles. The second-order valence-electron chi connectivity index (χ2n) is 6.41. The fourth-order valence-electron chi connectivity index (χ4n) is 2.93. The Bertz CT molecular complexity index is 857. The van der Waals surface area contributed by atoms with Gasteiger partial charge >= 0.3 is 0 Å². The molecule has 3 aromatic carbocycles. The monoisotopic (exact) mass is 410 g/mol. The number of hydrogen-bond donors (Lipinski definition) is 1. The molecule has 26 heavy (non-hydrogen) atoms. The summed E-state index contributed by atoms with van der Waals surface area (Å²) < 4.78 is 6.79. The van der Waals surface area contributed by atoms with Crippen molar-refractivity contribution in [3.63, 3.8) is 0 Å². The van der Waals surface area contributed by atoms with E-state index in [1.54, 1.807) is 0 Å². The van der Waals surface area contributed by atoms with Crippen LogP contribution in [-0.2, 0) is 13.0 Å². The normalized spacial score (nSPS) is 12.0. The minimum Gasteiger partial charge on any atom is -0.488 e. The minimum absolute atomic E-state index is 0.513. The molecule has 0 aromatic heterocycles. The molecule has 3 heteroatoms. The van der Waals surface area contributed by atoms with Gasteiger partial charge in [-0.1, -0.05) is 61.5 Å². The van der Waals surface area contributed by atoms with Gasteiger partial charge in [0, 0.05) is 0 Å². The fourth-order valence-corrected chi connectivity index (χ4v) is 3.40. The van der Waals surface area contributed by atoms with Crippen LogP contribution in [0.3, 0.4) is 0 Å². The molecule has 0 radical (unpaired) electrons. The number of aliphatic hydroxyl groups excluding tert-OH is 1. The van der Waals surface area contributed by atoms with E-state index >= 15 is 0 Å². The van der Waals surface area contributed by atoms with Gasteiger partial charge < -0.3 is 9.84 Å². The second-order valence-corrected chi connectivity index (χ2v) is 7.27. The van der Waals surface area contributed by atoms with Crippen LogP contribution in [0.1, 0.15) is 40.8 Å². The Labute approximate surface area is 163 Å². The summed E-state index contributed by atoms with van der Waals surface area (Å²) in [5, 5.41) is 10.8. The van der Waals surface area contributed by atoms with Gasteiger partial charge in [0.15, 0.2) is 0 Å². The van der Waals surface area contributed by atoms with Crippen molar-refractivity contribution in [1.82, 2.24) is 0 Å². The average molecular weight is 411 g/mol. The van der Waals surface area contributed by atoms with E-state index in [1.165, 1.54) is 5.56 Å². The highest BCUT2D eigenvalue weighted by Crippen LogP contribution is 2.34. The minimum atomic E-state index is -0.652. The van der Waals surface area contributed by atoms with Crippen molar-refractivity contribution >= 4 is 15.9 Å². The number of rotatable bonds is 6. The first kappa shape index (κ1) is 18.7. The lowest BCUT2D eigenvalue weighted by molar-refractivity contribution is 0.219. The van der Waals surface area contributed by atoms with Crippen LogP contribution in [0.5, 0.6) is 5.75 Å². The lowest BCUT2D eigenvalue weighted by Crippen LogP contribution is -2.04. The molecule has 0 aliphatic heterocycles. The Morgan fingerprint density at radius 3 is 2.31 bits per heavy atom. The molecule has 1 atom stereocenters. The SMILES string of the molecule is CCc1ccc(C(O)c2cc(Br)c(OCc3ccccc3)cc2C)cc1. The molecule has 0 saturated carbocycles. The first-order valence-corrected chi connectivity index (χ1v) is 9.61. The van der Waals surface area contributed by atoms with Crippen molar-refractivity contribution in [2.45, 2.75) is 33.0 Å².